The van der Waals surface area contributed by atoms with Crippen LogP contribution in [0.4, 0.5) is 0 Å². The van der Waals surface area contributed by atoms with Crippen molar-refractivity contribution in [3.8, 4) is 0 Å². The van der Waals surface area contributed by atoms with E-state index < -0.39 is 24.6 Å². The number of aryl methyl sites for hydroxylation is 2. The lowest BCUT2D eigenvalue weighted by atomic mass is 10.2. The Bertz CT molecular complexity index is 652. The zero-order valence-corrected chi connectivity index (χ0v) is 13.2. The Morgan fingerprint density at radius 1 is 1.21 bits per heavy atom. The topological polar surface area (TPSA) is 109 Å². The van der Waals surface area contributed by atoms with Gasteiger partial charge in [-0.05, 0) is 27.7 Å². The lowest BCUT2D eigenvalue weighted by Gasteiger charge is -2.22. The number of hydrogen-bond acceptors (Lipinski definition) is 5. The maximum atomic E-state index is 12.1. The molecule has 0 amide bonds. The molecule has 0 bridgehead atoms. The van der Waals surface area contributed by atoms with E-state index in [0.717, 1.165) is 6.26 Å². The van der Waals surface area contributed by atoms with Crippen molar-refractivity contribution in [3.05, 3.63) is 11.4 Å². The van der Waals surface area contributed by atoms with Crippen LogP contribution in [0, 0.1) is 13.8 Å². The van der Waals surface area contributed by atoms with Crippen LogP contribution in [-0.4, -0.2) is 44.6 Å². The normalized spacial score (nSPS) is 13.7. The largest absolute Gasteiger partial charge is 0.281 e. The molecule has 0 fully saturated rings. The number of sulfonamides is 1. The van der Waals surface area contributed by atoms with Crippen molar-refractivity contribution >= 4 is 19.9 Å². The van der Waals surface area contributed by atoms with E-state index in [1.807, 2.05) is 0 Å². The number of rotatable bonds is 5. The summed E-state index contributed by atoms with van der Waals surface area (Å²) in [5.74, 6) is 0. The van der Waals surface area contributed by atoms with E-state index in [0.29, 0.717) is 11.4 Å². The SMILES string of the molecule is Cc1n[nH]c(C)c1S(=O)(=O)NCC(C)(C)S(C)(=O)=O. The van der Waals surface area contributed by atoms with Crippen LogP contribution in [0.2, 0.25) is 0 Å². The van der Waals surface area contributed by atoms with Gasteiger partial charge in [-0.25, -0.2) is 21.6 Å². The van der Waals surface area contributed by atoms with E-state index in [9.17, 15) is 16.8 Å². The number of hydrogen-bond donors (Lipinski definition) is 2. The van der Waals surface area contributed by atoms with Crippen LogP contribution >= 0.6 is 0 Å². The molecule has 0 radical (unpaired) electrons. The summed E-state index contributed by atoms with van der Waals surface area (Å²) in [6.07, 6.45) is 1.08. The van der Waals surface area contributed by atoms with Gasteiger partial charge >= 0.3 is 0 Å². The molecule has 0 aliphatic heterocycles. The molecule has 7 nitrogen and oxygen atoms in total. The lowest BCUT2D eigenvalue weighted by Crippen LogP contribution is -2.43. The van der Waals surface area contributed by atoms with Gasteiger partial charge in [0, 0.05) is 12.8 Å². The van der Waals surface area contributed by atoms with Crippen molar-refractivity contribution in [2.75, 3.05) is 12.8 Å². The zero-order valence-electron chi connectivity index (χ0n) is 11.6. The van der Waals surface area contributed by atoms with Crippen LogP contribution < -0.4 is 4.72 Å². The van der Waals surface area contributed by atoms with E-state index in [4.69, 9.17) is 0 Å². The fourth-order valence-corrected chi connectivity index (χ4v) is 3.41. The molecular formula is C10H19N3O4S2. The summed E-state index contributed by atoms with van der Waals surface area (Å²) in [4.78, 5) is 0.0665. The number of aromatic nitrogens is 2. The van der Waals surface area contributed by atoms with E-state index >= 15 is 0 Å². The maximum Gasteiger partial charge on any atom is 0.244 e. The van der Waals surface area contributed by atoms with Gasteiger partial charge in [-0.15, -0.1) is 0 Å². The molecule has 0 saturated carbocycles. The van der Waals surface area contributed by atoms with Crippen LogP contribution in [0.1, 0.15) is 25.2 Å². The summed E-state index contributed by atoms with van der Waals surface area (Å²) in [5.41, 5.74) is 0.768. The third kappa shape index (κ3) is 3.34. The monoisotopic (exact) mass is 309 g/mol. The molecule has 1 heterocycles. The first kappa shape index (κ1) is 16.1. The Balaban J connectivity index is 3.02. The van der Waals surface area contributed by atoms with Gasteiger partial charge in [0.2, 0.25) is 10.0 Å². The molecule has 0 spiro atoms. The van der Waals surface area contributed by atoms with Crippen molar-refractivity contribution in [1.29, 1.82) is 0 Å². The molecule has 0 aliphatic rings. The fraction of sp³-hybridized carbons (Fsp3) is 0.700. The van der Waals surface area contributed by atoms with Gasteiger partial charge in [0.1, 0.15) is 4.90 Å². The Kier molecular flexibility index (Phi) is 4.14. The molecule has 110 valence electrons. The highest BCUT2D eigenvalue weighted by Crippen LogP contribution is 2.19. The van der Waals surface area contributed by atoms with Crippen LogP contribution in [0.5, 0.6) is 0 Å². The van der Waals surface area contributed by atoms with E-state index in [-0.39, 0.29) is 11.4 Å². The Labute approximate surface area is 113 Å². The van der Waals surface area contributed by atoms with Crippen LogP contribution in [-0.2, 0) is 19.9 Å². The molecule has 1 aromatic rings. The summed E-state index contributed by atoms with van der Waals surface area (Å²) in [7, 11) is -7.14. The number of sulfone groups is 1. The van der Waals surface area contributed by atoms with Gasteiger partial charge in [0.15, 0.2) is 9.84 Å². The lowest BCUT2D eigenvalue weighted by molar-refractivity contribution is 0.536. The first-order valence-corrected chi connectivity index (χ1v) is 8.97. The maximum absolute atomic E-state index is 12.1. The molecule has 0 saturated heterocycles. The van der Waals surface area contributed by atoms with Crippen LogP contribution in [0.15, 0.2) is 4.90 Å². The molecule has 19 heavy (non-hydrogen) atoms. The molecule has 0 unspecified atom stereocenters. The zero-order chi connectivity index (χ0) is 15.1. The van der Waals surface area contributed by atoms with Crippen molar-refractivity contribution in [2.45, 2.75) is 37.3 Å². The van der Waals surface area contributed by atoms with Crippen molar-refractivity contribution in [2.24, 2.45) is 0 Å². The minimum absolute atomic E-state index is 0.0665. The standard InChI is InChI=1S/C10H19N3O4S2/c1-7-9(8(2)13-12-7)19(16,17)11-6-10(3,4)18(5,14)15/h11H,6H2,1-5H3,(H,12,13). The summed E-state index contributed by atoms with van der Waals surface area (Å²) in [5, 5.41) is 6.40. The molecule has 0 aromatic carbocycles. The first-order valence-electron chi connectivity index (χ1n) is 5.59. The highest BCUT2D eigenvalue weighted by Gasteiger charge is 2.33. The van der Waals surface area contributed by atoms with Crippen molar-refractivity contribution in [3.63, 3.8) is 0 Å². The first-order chi connectivity index (χ1) is 8.38. The third-order valence-corrected chi connectivity index (χ3v) is 6.84. The Morgan fingerprint density at radius 3 is 2.11 bits per heavy atom. The second-order valence-corrected chi connectivity index (χ2v) is 9.47. The molecule has 2 N–H and O–H groups in total. The molecule has 1 aromatic heterocycles. The second kappa shape index (κ2) is 4.88. The van der Waals surface area contributed by atoms with Gasteiger partial charge < -0.3 is 0 Å². The van der Waals surface area contributed by atoms with Gasteiger partial charge in [-0.2, -0.15) is 5.10 Å². The number of H-pyrrole nitrogens is 1. The predicted octanol–water partition coefficient (Wildman–Crippen LogP) is 0.128. The van der Waals surface area contributed by atoms with Crippen molar-refractivity contribution in [1.82, 2.24) is 14.9 Å². The fourth-order valence-electron chi connectivity index (χ4n) is 1.41. The average Bonchev–Trinajstić information content (AvgIpc) is 2.55. The Hall–Kier alpha value is -0.930. The number of aromatic amines is 1. The summed E-state index contributed by atoms with van der Waals surface area (Å²) in [6, 6.07) is 0. The average molecular weight is 309 g/mol. The molecule has 1 rings (SSSR count). The molecule has 0 aliphatic carbocycles. The quantitative estimate of drug-likeness (QED) is 0.803. The molecule has 9 heteroatoms. The smallest absolute Gasteiger partial charge is 0.244 e. The van der Waals surface area contributed by atoms with Gasteiger partial charge in [0.05, 0.1) is 16.1 Å². The van der Waals surface area contributed by atoms with Crippen LogP contribution in [0.3, 0.4) is 0 Å². The summed E-state index contributed by atoms with van der Waals surface area (Å²) >= 11 is 0. The van der Waals surface area contributed by atoms with Gasteiger partial charge in [-0.3, -0.25) is 5.10 Å². The second-order valence-electron chi connectivity index (χ2n) is 5.12. The van der Waals surface area contributed by atoms with E-state index in [1.54, 1.807) is 13.8 Å². The highest BCUT2D eigenvalue weighted by molar-refractivity contribution is 7.92. The van der Waals surface area contributed by atoms with Crippen LogP contribution in [0.25, 0.3) is 0 Å². The minimum Gasteiger partial charge on any atom is -0.281 e. The van der Waals surface area contributed by atoms with Gasteiger partial charge in [0.25, 0.3) is 0 Å². The van der Waals surface area contributed by atoms with E-state index in [1.165, 1.54) is 13.8 Å². The predicted molar refractivity (Wildman–Crippen MR) is 72.2 cm³/mol. The Morgan fingerprint density at radius 2 is 1.74 bits per heavy atom. The van der Waals surface area contributed by atoms with E-state index in [2.05, 4.69) is 14.9 Å². The van der Waals surface area contributed by atoms with Crippen molar-refractivity contribution < 1.29 is 16.8 Å². The van der Waals surface area contributed by atoms with Gasteiger partial charge in [-0.1, -0.05) is 0 Å². The molecular weight excluding hydrogens is 290 g/mol. The minimum atomic E-state index is -3.78. The molecule has 0 atom stereocenters. The summed E-state index contributed by atoms with van der Waals surface area (Å²) in [6.45, 7) is 5.91. The third-order valence-electron chi connectivity index (χ3n) is 3.02. The number of nitrogens with zero attached hydrogens (tertiary/aromatic N) is 1. The number of nitrogens with one attached hydrogen (secondary N) is 2. The highest BCUT2D eigenvalue weighted by atomic mass is 32.2. The summed E-state index contributed by atoms with van der Waals surface area (Å²) < 4.78 is 48.5.